The third kappa shape index (κ3) is 3.93. The van der Waals surface area contributed by atoms with Crippen molar-refractivity contribution in [1.82, 2.24) is 10.2 Å². The lowest BCUT2D eigenvalue weighted by Gasteiger charge is -2.35. The molecule has 0 spiro atoms. The van der Waals surface area contributed by atoms with E-state index in [9.17, 15) is 9.50 Å². The van der Waals surface area contributed by atoms with Gasteiger partial charge in [0.05, 0.1) is 0 Å². The van der Waals surface area contributed by atoms with Gasteiger partial charge < -0.3 is 10.4 Å². The highest BCUT2D eigenvalue weighted by Crippen LogP contribution is 2.30. The number of hydrogen-bond donors (Lipinski definition) is 2. The van der Waals surface area contributed by atoms with E-state index in [2.05, 4.69) is 24.1 Å². The van der Waals surface area contributed by atoms with Crippen LogP contribution < -0.4 is 5.32 Å². The van der Waals surface area contributed by atoms with Gasteiger partial charge in [0.15, 0.2) is 11.6 Å². The van der Waals surface area contributed by atoms with Gasteiger partial charge in [-0.3, -0.25) is 4.90 Å². The SMILES string of the molecule is CC(C)CC[C@H](c1ccc(O)c(F)c1)N1CCNCC1. The summed E-state index contributed by atoms with van der Waals surface area (Å²) in [4.78, 5) is 2.42. The van der Waals surface area contributed by atoms with Crippen LogP contribution in [0.1, 0.15) is 38.3 Å². The summed E-state index contributed by atoms with van der Waals surface area (Å²) in [6.45, 7) is 8.38. The van der Waals surface area contributed by atoms with Gasteiger partial charge in [-0.2, -0.15) is 0 Å². The van der Waals surface area contributed by atoms with Crippen molar-refractivity contribution in [3.63, 3.8) is 0 Å². The Morgan fingerprint density at radius 3 is 2.55 bits per heavy atom. The summed E-state index contributed by atoms with van der Waals surface area (Å²) in [6, 6.07) is 5.05. The number of piperazine rings is 1. The van der Waals surface area contributed by atoms with Gasteiger partial charge in [0, 0.05) is 32.2 Å². The number of nitrogens with one attached hydrogen (secondary N) is 1. The third-order valence-corrected chi connectivity index (χ3v) is 3.97. The fraction of sp³-hybridized carbons (Fsp3) is 0.625. The standard InChI is InChI=1S/C16H25FN2O/c1-12(2)3-5-15(19-9-7-18-8-10-19)13-4-6-16(20)14(17)11-13/h4,6,11-12,15,18,20H,3,5,7-10H2,1-2H3/t15-/m1/s1. The Morgan fingerprint density at radius 2 is 1.95 bits per heavy atom. The van der Waals surface area contributed by atoms with Crippen molar-refractivity contribution in [1.29, 1.82) is 0 Å². The fourth-order valence-electron chi connectivity index (χ4n) is 2.78. The van der Waals surface area contributed by atoms with Crippen LogP contribution in [-0.2, 0) is 0 Å². The number of aromatic hydroxyl groups is 1. The molecular weight excluding hydrogens is 255 g/mol. The van der Waals surface area contributed by atoms with Gasteiger partial charge in [0.25, 0.3) is 0 Å². The summed E-state index contributed by atoms with van der Waals surface area (Å²) in [5.41, 5.74) is 0.975. The Kier molecular flexibility index (Phi) is 5.38. The predicted molar refractivity (Wildman–Crippen MR) is 79.3 cm³/mol. The van der Waals surface area contributed by atoms with Crippen LogP contribution in [0.25, 0.3) is 0 Å². The highest BCUT2D eigenvalue weighted by atomic mass is 19.1. The first-order chi connectivity index (χ1) is 9.58. The molecule has 1 aromatic rings. The zero-order valence-electron chi connectivity index (χ0n) is 12.4. The van der Waals surface area contributed by atoms with Crippen LogP contribution in [0.2, 0.25) is 0 Å². The zero-order valence-corrected chi connectivity index (χ0v) is 12.4. The van der Waals surface area contributed by atoms with Crippen LogP contribution in [0.15, 0.2) is 18.2 Å². The molecule has 1 fully saturated rings. The molecule has 4 heteroatoms. The molecule has 0 amide bonds. The van der Waals surface area contributed by atoms with E-state index in [1.807, 2.05) is 6.07 Å². The Morgan fingerprint density at radius 1 is 1.25 bits per heavy atom. The average Bonchev–Trinajstić information content (AvgIpc) is 2.44. The molecule has 1 aromatic carbocycles. The molecule has 1 aliphatic rings. The molecule has 0 radical (unpaired) electrons. The van der Waals surface area contributed by atoms with E-state index >= 15 is 0 Å². The Balaban J connectivity index is 2.17. The Bertz CT molecular complexity index is 430. The number of nitrogens with zero attached hydrogens (tertiary/aromatic N) is 1. The van der Waals surface area contributed by atoms with E-state index in [-0.39, 0.29) is 11.8 Å². The quantitative estimate of drug-likeness (QED) is 0.870. The summed E-state index contributed by atoms with van der Waals surface area (Å²) >= 11 is 0. The molecule has 1 heterocycles. The Labute approximate surface area is 120 Å². The van der Waals surface area contributed by atoms with E-state index in [1.165, 1.54) is 12.1 Å². The van der Waals surface area contributed by atoms with Crippen molar-refractivity contribution in [2.45, 2.75) is 32.7 Å². The Hall–Kier alpha value is -1.13. The molecule has 0 bridgehead atoms. The number of phenolic OH excluding ortho intramolecular Hbond substituents is 1. The lowest BCUT2D eigenvalue weighted by atomic mass is 9.95. The van der Waals surface area contributed by atoms with Gasteiger partial charge in [-0.25, -0.2) is 4.39 Å². The molecule has 3 nitrogen and oxygen atoms in total. The van der Waals surface area contributed by atoms with E-state index in [1.54, 1.807) is 0 Å². The molecule has 0 aromatic heterocycles. The normalized spacial score (nSPS) is 18.4. The van der Waals surface area contributed by atoms with Gasteiger partial charge in [0.2, 0.25) is 0 Å². The maximum absolute atomic E-state index is 13.6. The van der Waals surface area contributed by atoms with Crippen molar-refractivity contribution in [3.05, 3.63) is 29.6 Å². The number of benzene rings is 1. The van der Waals surface area contributed by atoms with E-state index in [4.69, 9.17) is 0 Å². The molecule has 20 heavy (non-hydrogen) atoms. The van der Waals surface area contributed by atoms with Crippen molar-refractivity contribution in [2.24, 2.45) is 5.92 Å². The summed E-state index contributed by atoms with van der Waals surface area (Å²) in [5.74, 6) is -0.147. The highest BCUT2D eigenvalue weighted by Gasteiger charge is 2.23. The average molecular weight is 280 g/mol. The van der Waals surface area contributed by atoms with Crippen molar-refractivity contribution < 1.29 is 9.50 Å². The minimum absolute atomic E-state index is 0.245. The second kappa shape index (κ2) is 7.04. The smallest absolute Gasteiger partial charge is 0.165 e. The van der Waals surface area contributed by atoms with Crippen LogP contribution in [0, 0.1) is 11.7 Å². The van der Waals surface area contributed by atoms with Crippen molar-refractivity contribution >= 4 is 0 Å². The molecule has 0 unspecified atom stereocenters. The topological polar surface area (TPSA) is 35.5 Å². The van der Waals surface area contributed by atoms with Crippen LogP contribution in [0.4, 0.5) is 4.39 Å². The van der Waals surface area contributed by atoms with E-state index < -0.39 is 5.82 Å². The zero-order chi connectivity index (χ0) is 14.5. The fourth-order valence-corrected chi connectivity index (χ4v) is 2.78. The number of rotatable bonds is 5. The maximum atomic E-state index is 13.6. The van der Waals surface area contributed by atoms with Crippen LogP contribution in [-0.4, -0.2) is 36.2 Å². The molecule has 1 aliphatic heterocycles. The first kappa shape index (κ1) is 15.3. The van der Waals surface area contributed by atoms with E-state index in [0.717, 1.165) is 44.6 Å². The van der Waals surface area contributed by atoms with Gasteiger partial charge in [-0.05, 0) is 36.5 Å². The van der Waals surface area contributed by atoms with Gasteiger partial charge in [0.1, 0.15) is 0 Å². The molecule has 0 saturated carbocycles. The largest absolute Gasteiger partial charge is 0.505 e. The molecule has 2 N–H and O–H groups in total. The van der Waals surface area contributed by atoms with Crippen LogP contribution in [0.3, 0.4) is 0 Å². The second-order valence-corrected chi connectivity index (χ2v) is 5.98. The molecule has 1 saturated heterocycles. The molecule has 2 rings (SSSR count). The summed E-state index contributed by atoms with van der Waals surface area (Å²) in [5, 5.41) is 12.7. The van der Waals surface area contributed by atoms with Crippen molar-refractivity contribution in [2.75, 3.05) is 26.2 Å². The lowest BCUT2D eigenvalue weighted by molar-refractivity contribution is 0.159. The lowest BCUT2D eigenvalue weighted by Crippen LogP contribution is -2.45. The number of hydrogen-bond acceptors (Lipinski definition) is 3. The minimum Gasteiger partial charge on any atom is -0.505 e. The number of halogens is 1. The minimum atomic E-state index is -0.521. The summed E-state index contributed by atoms with van der Waals surface area (Å²) in [6.07, 6.45) is 2.15. The van der Waals surface area contributed by atoms with Crippen LogP contribution in [0.5, 0.6) is 5.75 Å². The monoisotopic (exact) mass is 280 g/mol. The second-order valence-electron chi connectivity index (χ2n) is 5.98. The first-order valence-corrected chi connectivity index (χ1v) is 7.51. The maximum Gasteiger partial charge on any atom is 0.165 e. The predicted octanol–water partition coefficient (Wildman–Crippen LogP) is 2.91. The molecule has 1 atom stereocenters. The molecular formula is C16H25FN2O. The van der Waals surface area contributed by atoms with Gasteiger partial charge in [-0.15, -0.1) is 0 Å². The van der Waals surface area contributed by atoms with E-state index in [0.29, 0.717) is 5.92 Å². The molecule has 0 aliphatic carbocycles. The summed E-state index contributed by atoms with van der Waals surface area (Å²) < 4.78 is 13.6. The first-order valence-electron chi connectivity index (χ1n) is 7.51. The third-order valence-electron chi connectivity index (χ3n) is 3.97. The van der Waals surface area contributed by atoms with Gasteiger partial charge in [-0.1, -0.05) is 19.9 Å². The van der Waals surface area contributed by atoms with Gasteiger partial charge >= 0.3 is 0 Å². The summed E-state index contributed by atoms with van der Waals surface area (Å²) in [7, 11) is 0. The van der Waals surface area contributed by atoms with Crippen LogP contribution >= 0.6 is 0 Å². The van der Waals surface area contributed by atoms with Crippen molar-refractivity contribution in [3.8, 4) is 5.75 Å². The number of phenols is 1. The molecule has 112 valence electrons. The highest BCUT2D eigenvalue weighted by molar-refractivity contribution is 5.30.